The molecule has 0 radical (unpaired) electrons. The second-order valence-corrected chi connectivity index (χ2v) is 3.23. The SMILES string of the molecule is C=CCNc1nccc2ccc(O)cc12. The first-order valence-corrected chi connectivity index (χ1v) is 4.74. The number of rotatable bonds is 3. The van der Waals surface area contributed by atoms with E-state index in [9.17, 15) is 5.11 Å². The summed E-state index contributed by atoms with van der Waals surface area (Å²) in [5.41, 5.74) is 0. The fourth-order valence-electron chi connectivity index (χ4n) is 1.47. The van der Waals surface area contributed by atoms with E-state index < -0.39 is 0 Å². The minimum absolute atomic E-state index is 0.247. The van der Waals surface area contributed by atoms with E-state index in [0.717, 1.165) is 16.6 Å². The summed E-state index contributed by atoms with van der Waals surface area (Å²) in [6, 6.07) is 7.15. The van der Waals surface area contributed by atoms with Gasteiger partial charge >= 0.3 is 0 Å². The van der Waals surface area contributed by atoms with Gasteiger partial charge in [-0.25, -0.2) is 4.98 Å². The van der Waals surface area contributed by atoms with Crippen molar-refractivity contribution in [3.8, 4) is 5.75 Å². The van der Waals surface area contributed by atoms with E-state index in [2.05, 4.69) is 16.9 Å². The molecule has 0 bridgehead atoms. The smallest absolute Gasteiger partial charge is 0.134 e. The van der Waals surface area contributed by atoms with Gasteiger partial charge in [-0.2, -0.15) is 0 Å². The molecule has 1 heterocycles. The van der Waals surface area contributed by atoms with Gasteiger partial charge in [0.15, 0.2) is 0 Å². The Labute approximate surface area is 88.1 Å². The number of benzene rings is 1. The second-order valence-electron chi connectivity index (χ2n) is 3.23. The van der Waals surface area contributed by atoms with Gasteiger partial charge in [-0.1, -0.05) is 12.1 Å². The maximum atomic E-state index is 9.40. The molecule has 0 aliphatic carbocycles. The van der Waals surface area contributed by atoms with Crippen LogP contribution in [0.1, 0.15) is 0 Å². The molecule has 1 aromatic heterocycles. The molecule has 0 aliphatic rings. The van der Waals surface area contributed by atoms with Gasteiger partial charge in [0.1, 0.15) is 11.6 Å². The highest BCUT2D eigenvalue weighted by atomic mass is 16.3. The summed E-state index contributed by atoms with van der Waals surface area (Å²) in [6.45, 7) is 4.29. The van der Waals surface area contributed by atoms with Crippen molar-refractivity contribution in [2.24, 2.45) is 0 Å². The fourth-order valence-corrected chi connectivity index (χ4v) is 1.47. The van der Waals surface area contributed by atoms with Gasteiger partial charge < -0.3 is 10.4 Å². The lowest BCUT2D eigenvalue weighted by atomic mass is 10.1. The van der Waals surface area contributed by atoms with Crippen molar-refractivity contribution in [3.63, 3.8) is 0 Å². The summed E-state index contributed by atoms with van der Waals surface area (Å²) in [5.74, 6) is 1.01. The minimum Gasteiger partial charge on any atom is -0.508 e. The lowest BCUT2D eigenvalue weighted by Gasteiger charge is -2.06. The molecule has 2 N–H and O–H groups in total. The van der Waals surface area contributed by atoms with Crippen molar-refractivity contribution in [2.75, 3.05) is 11.9 Å². The number of pyridine rings is 1. The summed E-state index contributed by atoms with van der Waals surface area (Å²) >= 11 is 0. The third kappa shape index (κ3) is 1.91. The normalized spacial score (nSPS) is 10.1. The van der Waals surface area contributed by atoms with Gasteiger partial charge in [0.25, 0.3) is 0 Å². The number of hydrogen-bond donors (Lipinski definition) is 2. The maximum absolute atomic E-state index is 9.40. The molecular weight excluding hydrogens is 188 g/mol. The van der Waals surface area contributed by atoms with Crippen LogP contribution in [0.5, 0.6) is 5.75 Å². The zero-order valence-corrected chi connectivity index (χ0v) is 8.27. The highest BCUT2D eigenvalue weighted by Crippen LogP contribution is 2.24. The minimum atomic E-state index is 0.247. The van der Waals surface area contributed by atoms with E-state index in [1.165, 1.54) is 0 Å². The number of aromatic nitrogens is 1. The van der Waals surface area contributed by atoms with Crippen molar-refractivity contribution in [1.29, 1.82) is 0 Å². The number of phenolic OH excluding ortho intramolecular Hbond substituents is 1. The van der Waals surface area contributed by atoms with Crippen LogP contribution in [-0.2, 0) is 0 Å². The number of hydrogen-bond acceptors (Lipinski definition) is 3. The Balaban J connectivity index is 2.52. The molecule has 0 fully saturated rings. The van der Waals surface area contributed by atoms with Crippen molar-refractivity contribution in [2.45, 2.75) is 0 Å². The van der Waals surface area contributed by atoms with Crippen LogP contribution in [0.4, 0.5) is 5.82 Å². The van der Waals surface area contributed by atoms with Crippen LogP contribution in [0, 0.1) is 0 Å². The van der Waals surface area contributed by atoms with E-state index >= 15 is 0 Å². The topological polar surface area (TPSA) is 45.2 Å². The van der Waals surface area contributed by atoms with Crippen LogP contribution < -0.4 is 5.32 Å². The molecule has 0 amide bonds. The average molecular weight is 200 g/mol. The molecule has 3 nitrogen and oxygen atoms in total. The fraction of sp³-hybridized carbons (Fsp3) is 0.0833. The highest BCUT2D eigenvalue weighted by molar-refractivity contribution is 5.92. The molecule has 0 saturated carbocycles. The number of fused-ring (bicyclic) bond motifs is 1. The predicted molar refractivity (Wildman–Crippen MR) is 62.1 cm³/mol. The van der Waals surface area contributed by atoms with Crippen molar-refractivity contribution in [3.05, 3.63) is 43.1 Å². The molecule has 76 valence electrons. The lowest BCUT2D eigenvalue weighted by molar-refractivity contribution is 0.476. The van der Waals surface area contributed by atoms with Crippen molar-refractivity contribution < 1.29 is 5.11 Å². The second kappa shape index (κ2) is 4.00. The first-order valence-electron chi connectivity index (χ1n) is 4.74. The number of nitrogens with zero attached hydrogens (tertiary/aromatic N) is 1. The zero-order chi connectivity index (χ0) is 10.7. The van der Waals surface area contributed by atoms with Crippen LogP contribution in [0.15, 0.2) is 43.1 Å². The van der Waals surface area contributed by atoms with Gasteiger partial charge in [-0.15, -0.1) is 6.58 Å². The zero-order valence-electron chi connectivity index (χ0n) is 8.27. The summed E-state index contributed by atoms with van der Waals surface area (Å²) in [6.07, 6.45) is 3.51. The first-order chi connectivity index (χ1) is 7.31. The van der Waals surface area contributed by atoms with Gasteiger partial charge in [0.05, 0.1) is 0 Å². The van der Waals surface area contributed by atoms with Crippen LogP contribution in [0.3, 0.4) is 0 Å². The van der Waals surface area contributed by atoms with E-state index in [0.29, 0.717) is 6.54 Å². The Morgan fingerprint density at radius 3 is 3.07 bits per heavy atom. The van der Waals surface area contributed by atoms with Gasteiger partial charge in [0, 0.05) is 18.1 Å². The number of aromatic hydroxyl groups is 1. The van der Waals surface area contributed by atoms with Crippen LogP contribution in [0.2, 0.25) is 0 Å². The Kier molecular flexibility index (Phi) is 2.54. The Morgan fingerprint density at radius 1 is 1.40 bits per heavy atom. The van der Waals surface area contributed by atoms with Crippen LogP contribution in [0.25, 0.3) is 10.8 Å². The maximum Gasteiger partial charge on any atom is 0.134 e. The largest absolute Gasteiger partial charge is 0.508 e. The van der Waals surface area contributed by atoms with E-state index in [4.69, 9.17) is 0 Å². The average Bonchev–Trinajstić information content (AvgIpc) is 2.26. The molecule has 2 aromatic rings. The summed E-state index contributed by atoms with van der Waals surface area (Å²) in [7, 11) is 0. The molecule has 2 rings (SSSR count). The number of phenols is 1. The summed E-state index contributed by atoms with van der Waals surface area (Å²) < 4.78 is 0. The molecular formula is C12H12N2O. The predicted octanol–water partition coefficient (Wildman–Crippen LogP) is 2.54. The van der Waals surface area contributed by atoms with Gasteiger partial charge in [0.2, 0.25) is 0 Å². The first kappa shape index (κ1) is 9.52. The highest BCUT2D eigenvalue weighted by Gasteiger charge is 2.01. The van der Waals surface area contributed by atoms with Gasteiger partial charge in [-0.05, 0) is 23.6 Å². The molecule has 15 heavy (non-hydrogen) atoms. The third-order valence-electron chi connectivity index (χ3n) is 2.16. The molecule has 3 heteroatoms. The van der Waals surface area contributed by atoms with Gasteiger partial charge in [-0.3, -0.25) is 0 Å². The standard InChI is InChI=1S/C12H12N2O/c1-2-6-13-12-11-8-10(15)4-3-9(11)5-7-14-12/h2-5,7-8,15H,1,6H2,(H,13,14). The number of anilines is 1. The number of nitrogens with one attached hydrogen (secondary N) is 1. The monoisotopic (exact) mass is 200 g/mol. The van der Waals surface area contributed by atoms with Crippen LogP contribution >= 0.6 is 0 Å². The molecule has 0 spiro atoms. The van der Waals surface area contributed by atoms with E-state index in [-0.39, 0.29) is 5.75 Å². The Hall–Kier alpha value is -2.03. The third-order valence-corrected chi connectivity index (χ3v) is 2.16. The van der Waals surface area contributed by atoms with Crippen molar-refractivity contribution >= 4 is 16.6 Å². The molecule has 0 aliphatic heterocycles. The lowest BCUT2D eigenvalue weighted by Crippen LogP contribution is -2.00. The molecule has 0 saturated heterocycles. The van der Waals surface area contributed by atoms with E-state index in [1.54, 1.807) is 24.4 Å². The molecule has 1 aromatic carbocycles. The molecule has 0 unspecified atom stereocenters. The quantitative estimate of drug-likeness (QED) is 0.748. The van der Waals surface area contributed by atoms with Crippen LogP contribution in [-0.4, -0.2) is 16.6 Å². The molecule has 0 atom stereocenters. The summed E-state index contributed by atoms with van der Waals surface area (Å²) in [4.78, 5) is 4.22. The Bertz CT molecular complexity index is 494. The van der Waals surface area contributed by atoms with E-state index in [1.807, 2.05) is 12.1 Å². The summed E-state index contributed by atoms with van der Waals surface area (Å²) in [5, 5.41) is 14.5. The van der Waals surface area contributed by atoms with Crippen molar-refractivity contribution in [1.82, 2.24) is 4.98 Å². The Morgan fingerprint density at radius 2 is 2.27 bits per heavy atom.